The quantitative estimate of drug-likeness (QED) is 0.622. The molecule has 0 heterocycles. The van der Waals surface area contributed by atoms with E-state index in [1.807, 2.05) is 36.4 Å². The molecule has 2 atom stereocenters. The second-order valence-electron chi connectivity index (χ2n) is 5.71. The van der Waals surface area contributed by atoms with Gasteiger partial charge in [-0.1, -0.05) is 60.7 Å². The zero-order chi connectivity index (χ0) is 15.6. The van der Waals surface area contributed by atoms with E-state index in [1.54, 1.807) is 0 Å². The third-order valence-electron chi connectivity index (χ3n) is 3.82. The molecule has 22 heavy (non-hydrogen) atoms. The minimum atomic E-state index is -0.517. The number of hydrogen-bond acceptors (Lipinski definition) is 3. The number of hydrogen-bond donors (Lipinski definition) is 3. The van der Waals surface area contributed by atoms with Crippen LogP contribution in [0.5, 0.6) is 0 Å². The van der Waals surface area contributed by atoms with E-state index in [-0.39, 0.29) is 6.04 Å². The molecule has 0 aliphatic rings. The monoisotopic (exact) mass is 298 g/mol. The van der Waals surface area contributed by atoms with E-state index in [1.165, 1.54) is 5.56 Å². The van der Waals surface area contributed by atoms with Gasteiger partial charge in [0.1, 0.15) is 0 Å². The maximum Gasteiger partial charge on any atom is 0.0818 e. The van der Waals surface area contributed by atoms with Gasteiger partial charge in [-0.3, -0.25) is 0 Å². The zero-order valence-corrected chi connectivity index (χ0v) is 13.0. The van der Waals surface area contributed by atoms with Crippen molar-refractivity contribution in [3.05, 3.63) is 71.8 Å². The van der Waals surface area contributed by atoms with Crippen LogP contribution in [0.2, 0.25) is 0 Å². The van der Waals surface area contributed by atoms with Crippen molar-refractivity contribution in [2.45, 2.75) is 31.4 Å². The van der Waals surface area contributed by atoms with E-state index in [0.717, 1.165) is 24.9 Å². The van der Waals surface area contributed by atoms with Crippen LogP contribution < -0.4 is 11.1 Å². The lowest BCUT2D eigenvalue weighted by Gasteiger charge is -2.19. The summed E-state index contributed by atoms with van der Waals surface area (Å²) in [6, 6.07) is 20.3. The molecule has 0 saturated carbocycles. The number of nitrogens with two attached hydrogens (primary N) is 1. The lowest BCUT2D eigenvalue weighted by Crippen LogP contribution is -2.43. The van der Waals surface area contributed by atoms with Crippen LogP contribution >= 0.6 is 0 Å². The van der Waals surface area contributed by atoms with Crippen molar-refractivity contribution >= 4 is 0 Å². The minimum absolute atomic E-state index is 0.232. The Hall–Kier alpha value is -1.68. The lowest BCUT2D eigenvalue weighted by atomic mass is 10.0. The second-order valence-corrected chi connectivity index (χ2v) is 5.71. The summed E-state index contributed by atoms with van der Waals surface area (Å²) in [6.07, 6.45) is 2.30. The van der Waals surface area contributed by atoms with Crippen molar-refractivity contribution in [1.29, 1.82) is 0 Å². The number of rotatable bonds is 9. The van der Waals surface area contributed by atoms with Gasteiger partial charge in [-0.05, 0) is 36.9 Å². The number of aliphatic hydroxyl groups is 1. The average Bonchev–Trinajstić information content (AvgIpc) is 2.56. The molecular weight excluding hydrogens is 272 g/mol. The Morgan fingerprint density at radius 3 is 2.14 bits per heavy atom. The highest BCUT2D eigenvalue weighted by molar-refractivity contribution is 5.16. The van der Waals surface area contributed by atoms with Gasteiger partial charge in [0.15, 0.2) is 0 Å². The fourth-order valence-corrected chi connectivity index (χ4v) is 2.49. The topological polar surface area (TPSA) is 58.3 Å². The molecule has 0 aliphatic heterocycles. The predicted octanol–water partition coefficient (Wildman–Crippen LogP) is 2.14. The highest BCUT2D eigenvalue weighted by atomic mass is 16.3. The van der Waals surface area contributed by atoms with Gasteiger partial charge in [0.2, 0.25) is 0 Å². The van der Waals surface area contributed by atoms with Crippen LogP contribution in [0.3, 0.4) is 0 Å². The molecule has 0 radical (unpaired) electrons. The molecule has 0 amide bonds. The standard InChI is InChI=1S/C19H26N2O/c20-18(14-17-10-5-2-6-11-17)19(22)15-21-13-7-12-16-8-3-1-4-9-16/h1-6,8-11,18-19,21-22H,7,12-15,20H2. The Kier molecular flexibility index (Phi) is 7.10. The van der Waals surface area contributed by atoms with Crippen LogP contribution in [0.25, 0.3) is 0 Å². The van der Waals surface area contributed by atoms with Crippen LogP contribution in [-0.4, -0.2) is 30.3 Å². The largest absolute Gasteiger partial charge is 0.390 e. The van der Waals surface area contributed by atoms with Gasteiger partial charge in [0, 0.05) is 12.6 Å². The molecule has 0 aliphatic carbocycles. The van der Waals surface area contributed by atoms with Crippen molar-refractivity contribution in [3.8, 4) is 0 Å². The molecule has 0 saturated heterocycles. The first-order valence-corrected chi connectivity index (χ1v) is 7.98. The van der Waals surface area contributed by atoms with Crippen molar-refractivity contribution < 1.29 is 5.11 Å². The Morgan fingerprint density at radius 2 is 1.50 bits per heavy atom. The van der Waals surface area contributed by atoms with Crippen LogP contribution in [0.15, 0.2) is 60.7 Å². The molecule has 2 aromatic rings. The number of nitrogens with one attached hydrogen (secondary N) is 1. The van der Waals surface area contributed by atoms with E-state index >= 15 is 0 Å². The summed E-state index contributed by atoms with van der Waals surface area (Å²) >= 11 is 0. The Labute approximate surface area is 133 Å². The second kappa shape index (κ2) is 9.36. The summed E-state index contributed by atoms with van der Waals surface area (Å²) in [5, 5.41) is 13.4. The Balaban J connectivity index is 1.60. The lowest BCUT2D eigenvalue weighted by molar-refractivity contribution is 0.142. The average molecular weight is 298 g/mol. The summed E-state index contributed by atoms with van der Waals surface area (Å²) in [5.41, 5.74) is 8.58. The van der Waals surface area contributed by atoms with E-state index in [0.29, 0.717) is 13.0 Å². The molecule has 2 aromatic carbocycles. The van der Waals surface area contributed by atoms with E-state index < -0.39 is 6.10 Å². The van der Waals surface area contributed by atoms with Gasteiger partial charge in [0.25, 0.3) is 0 Å². The molecule has 0 bridgehead atoms. The van der Waals surface area contributed by atoms with Crippen molar-refractivity contribution in [2.24, 2.45) is 5.73 Å². The molecule has 0 aromatic heterocycles. The van der Waals surface area contributed by atoms with Gasteiger partial charge in [-0.15, -0.1) is 0 Å². The van der Waals surface area contributed by atoms with E-state index in [9.17, 15) is 5.11 Å². The fraction of sp³-hybridized carbons (Fsp3) is 0.368. The highest BCUT2D eigenvalue weighted by Gasteiger charge is 2.14. The fourth-order valence-electron chi connectivity index (χ4n) is 2.49. The van der Waals surface area contributed by atoms with Crippen LogP contribution in [0.1, 0.15) is 17.5 Å². The smallest absolute Gasteiger partial charge is 0.0818 e. The molecular formula is C19H26N2O. The SMILES string of the molecule is NC(Cc1ccccc1)C(O)CNCCCc1ccccc1. The van der Waals surface area contributed by atoms with E-state index in [2.05, 4.69) is 29.6 Å². The van der Waals surface area contributed by atoms with Gasteiger partial charge in [0.05, 0.1) is 6.10 Å². The first-order chi connectivity index (χ1) is 10.8. The third kappa shape index (κ3) is 5.98. The minimum Gasteiger partial charge on any atom is -0.390 e. The van der Waals surface area contributed by atoms with Crippen molar-refractivity contribution in [3.63, 3.8) is 0 Å². The summed E-state index contributed by atoms with van der Waals surface area (Å²) in [5.74, 6) is 0. The van der Waals surface area contributed by atoms with Crippen molar-refractivity contribution in [2.75, 3.05) is 13.1 Å². The number of aliphatic hydroxyl groups excluding tert-OH is 1. The van der Waals surface area contributed by atoms with Gasteiger partial charge in [-0.25, -0.2) is 0 Å². The first-order valence-electron chi connectivity index (χ1n) is 7.98. The Bertz CT molecular complexity index is 515. The Morgan fingerprint density at radius 1 is 0.909 bits per heavy atom. The van der Waals surface area contributed by atoms with Crippen LogP contribution in [0.4, 0.5) is 0 Å². The first kappa shape index (κ1) is 16.7. The molecule has 3 heteroatoms. The number of benzene rings is 2. The van der Waals surface area contributed by atoms with Gasteiger partial charge < -0.3 is 16.2 Å². The number of aryl methyl sites for hydroxylation is 1. The molecule has 2 unspecified atom stereocenters. The van der Waals surface area contributed by atoms with Crippen LogP contribution in [0, 0.1) is 0 Å². The summed E-state index contributed by atoms with van der Waals surface area (Å²) < 4.78 is 0. The molecule has 0 spiro atoms. The highest BCUT2D eigenvalue weighted by Crippen LogP contribution is 2.04. The molecule has 4 N–H and O–H groups in total. The molecule has 2 rings (SSSR count). The molecule has 118 valence electrons. The van der Waals surface area contributed by atoms with Gasteiger partial charge >= 0.3 is 0 Å². The van der Waals surface area contributed by atoms with Crippen LogP contribution in [-0.2, 0) is 12.8 Å². The van der Waals surface area contributed by atoms with Crippen molar-refractivity contribution in [1.82, 2.24) is 5.32 Å². The van der Waals surface area contributed by atoms with Gasteiger partial charge in [-0.2, -0.15) is 0 Å². The zero-order valence-electron chi connectivity index (χ0n) is 13.0. The molecule has 0 fully saturated rings. The maximum atomic E-state index is 10.1. The predicted molar refractivity (Wildman–Crippen MR) is 91.8 cm³/mol. The summed E-state index contributed by atoms with van der Waals surface area (Å²) in [4.78, 5) is 0. The normalized spacial score (nSPS) is 13.7. The maximum absolute atomic E-state index is 10.1. The summed E-state index contributed by atoms with van der Waals surface area (Å²) in [6.45, 7) is 1.44. The van der Waals surface area contributed by atoms with E-state index in [4.69, 9.17) is 5.73 Å². The third-order valence-corrected chi connectivity index (χ3v) is 3.82. The summed E-state index contributed by atoms with van der Waals surface area (Å²) in [7, 11) is 0. The molecule has 3 nitrogen and oxygen atoms in total.